The van der Waals surface area contributed by atoms with Gasteiger partial charge in [0, 0.05) is 6.54 Å². The van der Waals surface area contributed by atoms with Crippen LogP contribution < -0.4 is 4.90 Å². The Bertz CT molecular complexity index is 599. The van der Waals surface area contributed by atoms with Gasteiger partial charge in [-0.3, -0.25) is 5.10 Å². The zero-order valence-corrected chi connectivity index (χ0v) is 10.9. The number of anilines is 1. The molecule has 0 aromatic carbocycles. The van der Waals surface area contributed by atoms with Crippen molar-refractivity contribution in [2.24, 2.45) is 0 Å². The summed E-state index contributed by atoms with van der Waals surface area (Å²) in [4.78, 5) is 21.6. The van der Waals surface area contributed by atoms with Crippen LogP contribution in [0.25, 0.3) is 0 Å². The average molecular weight is 273 g/mol. The van der Waals surface area contributed by atoms with Gasteiger partial charge >= 0.3 is 5.97 Å². The van der Waals surface area contributed by atoms with E-state index in [-0.39, 0.29) is 11.7 Å². The molecule has 2 aromatic heterocycles. The number of carbonyl (C=O) groups is 1. The van der Waals surface area contributed by atoms with Crippen LogP contribution in [0.5, 0.6) is 0 Å². The highest BCUT2D eigenvalue weighted by Crippen LogP contribution is 2.32. The number of hydrogen-bond donors (Lipinski definition) is 2. The van der Waals surface area contributed by atoms with Crippen LogP contribution in [-0.4, -0.2) is 37.8 Å². The van der Waals surface area contributed by atoms with Crippen LogP contribution >= 0.6 is 0 Å². The van der Waals surface area contributed by atoms with Crippen LogP contribution in [0.2, 0.25) is 0 Å². The van der Waals surface area contributed by atoms with Gasteiger partial charge in [-0.1, -0.05) is 6.07 Å². The number of aromatic nitrogens is 4. The molecule has 2 aromatic rings. The Morgan fingerprint density at radius 3 is 3.05 bits per heavy atom. The largest absolute Gasteiger partial charge is 0.477 e. The molecule has 3 heterocycles. The standard InChI is InChI=1S/C13H15N5O2/c19-13(20)9-4-3-6-11(16-9)18-7-2-1-5-10(18)12-14-8-15-17-12/h3-4,6,8,10H,1-2,5,7H2,(H,19,20)(H,14,15,17). The number of hydrogen-bond acceptors (Lipinski definition) is 5. The van der Waals surface area contributed by atoms with E-state index in [0.717, 1.165) is 31.6 Å². The lowest BCUT2D eigenvalue weighted by Crippen LogP contribution is -2.34. The van der Waals surface area contributed by atoms with Crippen molar-refractivity contribution < 1.29 is 9.90 Å². The SMILES string of the molecule is O=C(O)c1cccc(N2CCCCC2c2ncn[nH]2)n1. The number of pyridine rings is 1. The van der Waals surface area contributed by atoms with Crippen LogP contribution in [0.4, 0.5) is 5.82 Å². The molecule has 0 radical (unpaired) electrons. The van der Waals surface area contributed by atoms with E-state index >= 15 is 0 Å². The maximum atomic E-state index is 11.0. The molecule has 0 bridgehead atoms. The third-order valence-electron chi connectivity index (χ3n) is 3.50. The van der Waals surface area contributed by atoms with E-state index < -0.39 is 5.97 Å². The van der Waals surface area contributed by atoms with Gasteiger partial charge in [-0.2, -0.15) is 5.10 Å². The number of carboxylic acid groups (broad SMARTS) is 1. The third kappa shape index (κ3) is 2.34. The number of rotatable bonds is 3. The lowest BCUT2D eigenvalue weighted by Gasteiger charge is -2.35. The maximum Gasteiger partial charge on any atom is 0.354 e. The lowest BCUT2D eigenvalue weighted by molar-refractivity contribution is 0.0690. The van der Waals surface area contributed by atoms with Gasteiger partial charge in [0.05, 0.1) is 6.04 Å². The normalized spacial score (nSPS) is 19.0. The molecule has 2 N–H and O–H groups in total. The summed E-state index contributed by atoms with van der Waals surface area (Å²) in [5.74, 6) is 0.457. The molecule has 0 amide bonds. The van der Waals surface area contributed by atoms with E-state index in [0.29, 0.717) is 5.82 Å². The predicted molar refractivity (Wildman–Crippen MR) is 71.5 cm³/mol. The molecule has 7 heteroatoms. The minimum Gasteiger partial charge on any atom is -0.477 e. The number of nitrogens with one attached hydrogen (secondary N) is 1. The number of piperidine rings is 1. The zero-order valence-electron chi connectivity index (χ0n) is 10.9. The number of carboxylic acids is 1. The van der Waals surface area contributed by atoms with E-state index in [9.17, 15) is 4.79 Å². The van der Waals surface area contributed by atoms with Crippen LogP contribution in [0, 0.1) is 0 Å². The molecule has 1 aliphatic rings. The first-order chi connectivity index (χ1) is 9.75. The Morgan fingerprint density at radius 2 is 2.30 bits per heavy atom. The van der Waals surface area contributed by atoms with Gasteiger partial charge in [0.1, 0.15) is 18.0 Å². The van der Waals surface area contributed by atoms with Crippen LogP contribution in [0.1, 0.15) is 41.6 Å². The highest BCUT2D eigenvalue weighted by molar-refractivity contribution is 5.85. The Morgan fingerprint density at radius 1 is 1.40 bits per heavy atom. The van der Waals surface area contributed by atoms with Gasteiger partial charge in [-0.15, -0.1) is 0 Å². The molecular formula is C13H15N5O2. The molecule has 1 aliphatic heterocycles. The second kappa shape index (κ2) is 5.28. The Labute approximate surface area is 115 Å². The van der Waals surface area contributed by atoms with Crippen molar-refractivity contribution in [2.45, 2.75) is 25.3 Å². The first kappa shape index (κ1) is 12.6. The first-order valence-electron chi connectivity index (χ1n) is 6.58. The van der Waals surface area contributed by atoms with Gasteiger partial charge < -0.3 is 10.0 Å². The average Bonchev–Trinajstić information content (AvgIpc) is 3.01. The molecule has 3 rings (SSSR count). The van der Waals surface area contributed by atoms with Crippen molar-refractivity contribution in [3.8, 4) is 0 Å². The lowest BCUT2D eigenvalue weighted by atomic mass is 10.0. The fourth-order valence-electron chi connectivity index (χ4n) is 2.57. The highest BCUT2D eigenvalue weighted by Gasteiger charge is 2.27. The second-order valence-electron chi connectivity index (χ2n) is 4.76. The Kier molecular flexibility index (Phi) is 3.32. The van der Waals surface area contributed by atoms with Crippen molar-refractivity contribution in [2.75, 3.05) is 11.4 Å². The summed E-state index contributed by atoms with van der Waals surface area (Å²) in [5.41, 5.74) is 0.0596. The predicted octanol–water partition coefficient (Wildman–Crippen LogP) is 1.63. The minimum atomic E-state index is -1.01. The summed E-state index contributed by atoms with van der Waals surface area (Å²) in [6.45, 7) is 0.835. The van der Waals surface area contributed by atoms with Crippen molar-refractivity contribution in [3.63, 3.8) is 0 Å². The summed E-state index contributed by atoms with van der Waals surface area (Å²) < 4.78 is 0. The smallest absolute Gasteiger partial charge is 0.354 e. The molecule has 1 saturated heterocycles. The first-order valence-corrected chi connectivity index (χ1v) is 6.58. The van der Waals surface area contributed by atoms with Gasteiger partial charge in [-0.25, -0.2) is 14.8 Å². The molecule has 0 aliphatic carbocycles. The number of aromatic amines is 1. The number of H-pyrrole nitrogens is 1. The number of aromatic carboxylic acids is 1. The minimum absolute atomic E-state index is 0.0596. The molecule has 1 unspecified atom stereocenters. The molecule has 7 nitrogen and oxygen atoms in total. The van der Waals surface area contributed by atoms with Gasteiger partial charge in [-0.05, 0) is 31.4 Å². The fourth-order valence-corrected chi connectivity index (χ4v) is 2.57. The van der Waals surface area contributed by atoms with Gasteiger partial charge in [0.15, 0.2) is 5.69 Å². The summed E-state index contributed by atoms with van der Waals surface area (Å²) in [6.07, 6.45) is 4.61. The molecule has 104 valence electrons. The van der Waals surface area contributed by atoms with Crippen LogP contribution in [0.15, 0.2) is 24.5 Å². The van der Waals surface area contributed by atoms with E-state index in [2.05, 4.69) is 25.1 Å². The summed E-state index contributed by atoms with van der Waals surface area (Å²) in [5, 5.41) is 15.8. The summed E-state index contributed by atoms with van der Waals surface area (Å²) in [7, 11) is 0. The van der Waals surface area contributed by atoms with Crippen LogP contribution in [-0.2, 0) is 0 Å². The van der Waals surface area contributed by atoms with Crippen LogP contribution in [0.3, 0.4) is 0 Å². The summed E-state index contributed by atoms with van der Waals surface area (Å²) in [6, 6.07) is 5.13. The molecule has 0 saturated carbocycles. The highest BCUT2D eigenvalue weighted by atomic mass is 16.4. The molecular weight excluding hydrogens is 258 g/mol. The van der Waals surface area contributed by atoms with E-state index in [1.54, 1.807) is 6.07 Å². The maximum absolute atomic E-state index is 11.0. The third-order valence-corrected chi connectivity index (χ3v) is 3.50. The molecule has 1 fully saturated rings. The second-order valence-corrected chi connectivity index (χ2v) is 4.76. The molecule has 20 heavy (non-hydrogen) atoms. The Hall–Kier alpha value is -2.44. The van der Waals surface area contributed by atoms with E-state index in [4.69, 9.17) is 5.11 Å². The molecule has 1 atom stereocenters. The fraction of sp³-hybridized carbons (Fsp3) is 0.385. The number of nitrogens with zero attached hydrogens (tertiary/aromatic N) is 4. The monoisotopic (exact) mass is 273 g/mol. The topological polar surface area (TPSA) is 95.0 Å². The molecule has 0 spiro atoms. The van der Waals surface area contributed by atoms with Crippen molar-refractivity contribution in [1.29, 1.82) is 0 Å². The van der Waals surface area contributed by atoms with Crippen molar-refractivity contribution >= 4 is 11.8 Å². The van der Waals surface area contributed by atoms with E-state index in [1.165, 1.54) is 12.4 Å². The quantitative estimate of drug-likeness (QED) is 0.882. The summed E-state index contributed by atoms with van der Waals surface area (Å²) >= 11 is 0. The van der Waals surface area contributed by atoms with Crippen molar-refractivity contribution in [3.05, 3.63) is 36.0 Å². The van der Waals surface area contributed by atoms with Gasteiger partial charge in [0.25, 0.3) is 0 Å². The van der Waals surface area contributed by atoms with Gasteiger partial charge in [0.2, 0.25) is 0 Å². The zero-order chi connectivity index (χ0) is 13.9. The van der Waals surface area contributed by atoms with E-state index in [1.807, 2.05) is 6.07 Å². The van der Waals surface area contributed by atoms with Crippen molar-refractivity contribution in [1.82, 2.24) is 20.2 Å². The Balaban J connectivity index is 1.93.